The van der Waals surface area contributed by atoms with Crippen molar-refractivity contribution in [2.24, 2.45) is 0 Å². The van der Waals surface area contributed by atoms with Crippen LogP contribution in [0.4, 0.5) is 0 Å². The Hall–Kier alpha value is -2.70. The zero-order valence-electron chi connectivity index (χ0n) is 37.9. The molecule has 0 saturated heterocycles. The van der Waals surface area contributed by atoms with Crippen LogP contribution >= 0.6 is 0 Å². The maximum absolute atomic E-state index is 13.1. The van der Waals surface area contributed by atoms with Crippen LogP contribution in [0.1, 0.15) is 220 Å². The highest BCUT2D eigenvalue weighted by Crippen LogP contribution is 2.17. The van der Waals surface area contributed by atoms with Gasteiger partial charge < -0.3 is 20.3 Å². The largest absolute Gasteiger partial charge is 0.462 e. The average Bonchev–Trinajstić information content (AvgIpc) is 3.22. The van der Waals surface area contributed by atoms with Gasteiger partial charge in [0.25, 0.3) is 0 Å². The molecule has 0 spiro atoms. The average molecular weight is 810 g/mol. The van der Waals surface area contributed by atoms with Crippen molar-refractivity contribution < 1.29 is 24.5 Å². The fourth-order valence-electron chi connectivity index (χ4n) is 6.87. The van der Waals surface area contributed by atoms with Crippen molar-refractivity contribution in [2.75, 3.05) is 6.61 Å². The van der Waals surface area contributed by atoms with Crippen LogP contribution in [0.2, 0.25) is 0 Å². The molecule has 0 aliphatic heterocycles. The Labute approximate surface area is 358 Å². The van der Waals surface area contributed by atoms with Crippen molar-refractivity contribution in [2.45, 2.75) is 238 Å². The molecule has 0 aromatic carbocycles. The normalized spacial score (nSPS) is 13.9. The van der Waals surface area contributed by atoms with Gasteiger partial charge in [-0.1, -0.05) is 203 Å². The number of carbonyl (C=O) groups excluding carboxylic acids is 2. The molecule has 6 heteroatoms. The van der Waals surface area contributed by atoms with Gasteiger partial charge in [-0.15, -0.1) is 0 Å². The van der Waals surface area contributed by atoms with Crippen molar-refractivity contribution in [3.05, 3.63) is 72.9 Å². The molecular weight excluding hydrogens is 719 g/mol. The Kier molecular flexibility index (Phi) is 43.3. The lowest BCUT2D eigenvalue weighted by atomic mass is 10.0. The summed E-state index contributed by atoms with van der Waals surface area (Å²) in [5, 5.41) is 23.7. The summed E-state index contributed by atoms with van der Waals surface area (Å²) in [5.74, 6) is -0.595. The van der Waals surface area contributed by atoms with Gasteiger partial charge >= 0.3 is 5.97 Å². The van der Waals surface area contributed by atoms with E-state index in [-0.39, 0.29) is 31.3 Å². The molecule has 0 rings (SSSR count). The molecule has 0 bridgehead atoms. The summed E-state index contributed by atoms with van der Waals surface area (Å²) in [6, 6.07) is -0.722. The second-order valence-electron chi connectivity index (χ2n) is 16.1. The van der Waals surface area contributed by atoms with Gasteiger partial charge in [0.05, 0.1) is 25.2 Å². The molecule has 0 aliphatic rings. The number of esters is 1. The third kappa shape index (κ3) is 40.1. The summed E-state index contributed by atoms with van der Waals surface area (Å²) in [7, 11) is 0. The smallest absolute Gasteiger partial charge is 0.306 e. The topological polar surface area (TPSA) is 95.9 Å². The van der Waals surface area contributed by atoms with E-state index in [1.54, 1.807) is 0 Å². The Morgan fingerprint density at radius 3 is 1.47 bits per heavy atom. The predicted octanol–water partition coefficient (Wildman–Crippen LogP) is 14.2. The third-order valence-corrected chi connectivity index (χ3v) is 10.5. The Morgan fingerprint density at radius 1 is 0.517 bits per heavy atom. The molecule has 334 valence electrons. The predicted molar refractivity (Wildman–Crippen MR) is 250 cm³/mol. The van der Waals surface area contributed by atoms with Crippen molar-refractivity contribution in [1.29, 1.82) is 0 Å². The summed E-state index contributed by atoms with van der Waals surface area (Å²) < 4.78 is 5.85. The van der Waals surface area contributed by atoms with Gasteiger partial charge in [-0.05, 0) is 77.0 Å². The Balaban J connectivity index is 4.61. The minimum Gasteiger partial charge on any atom is -0.462 e. The summed E-state index contributed by atoms with van der Waals surface area (Å²) >= 11 is 0. The number of nitrogens with one attached hydrogen (secondary N) is 1. The molecule has 0 aromatic rings. The zero-order valence-corrected chi connectivity index (χ0v) is 37.9. The van der Waals surface area contributed by atoms with Crippen LogP contribution in [0.3, 0.4) is 0 Å². The molecule has 3 N–H and O–H groups in total. The minimum atomic E-state index is -0.805. The van der Waals surface area contributed by atoms with Crippen LogP contribution in [0, 0.1) is 0 Å². The second-order valence-corrected chi connectivity index (χ2v) is 16.1. The van der Waals surface area contributed by atoms with E-state index < -0.39 is 18.2 Å². The molecule has 3 unspecified atom stereocenters. The highest BCUT2D eigenvalue weighted by molar-refractivity contribution is 5.77. The summed E-state index contributed by atoms with van der Waals surface area (Å²) in [4.78, 5) is 26.0. The third-order valence-electron chi connectivity index (χ3n) is 10.5. The molecular formula is C52H91NO5. The van der Waals surface area contributed by atoms with E-state index >= 15 is 0 Å². The van der Waals surface area contributed by atoms with E-state index in [4.69, 9.17) is 4.74 Å². The molecule has 3 atom stereocenters. The monoisotopic (exact) mass is 810 g/mol. The molecule has 0 heterocycles. The quantitative estimate of drug-likeness (QED) is 0.0324. The lowest BCUT2D eigenvalue weighted by molar-refractivity contribution is -0.150. The maximum Gasteiger partial charge on any atom is 0.306 e. The first-order valence-electron chi connectivity index (χ1n) is 24.2. The number of hydrogen-bond acceptors (Lipinski definition) is 5. The molecule has 6 nitrogen and oxygen atoms in total. The number of aliphatic hydroxyl groups excluding tert-OH is 2. The lowest BCUT2D eigenvalue weighted by Gasteiger charge is -2.24. The van der Waals surface area contributed by atoms with Gasteiger partial charge in [-0.2, -0.15) is 0 Å². The van der Waals surface area contributed by atoms with Crippen molar-refractivity contribution in [3.8, 4) is 0 Å². The Morgan fingerprint density at radius 2 is 0.948 bits per heavy atom. The first-order valence-corrected chi connectivity index (χ1v) is 24.2. The van der Waals surface area contributed by atoms with E-state index in [2.05, 4.69) is 92.9 Å². The van der Waals surface area contributed by atoms with Crippen LogP contribution in [0.25, 0.3) is 0 Å². The van der Waals surface area contributed by atoms with Crippen molar-refractivity contribution in [1.82, 2.24) is 5.32 Å². The number of carbonyl (C=O) groups is 2. The van der Waals surface area contributed by atoms with Gasteiger partial charge in [0, 0.05) is 6.42 Å². The summed E-state index contributed by atoms with van der Waals surface area (Å²) in [6.07, 6.45) is 56.9. The number of aliphatic hydroxyl groups is 2. The van der Waals surface area contributed by atoms with Gasteiger partial charge in [0.1, 0.15) is 6.10 Å². The van der Waals surface area contributed by atoms with E-state index in [1.807, 2.05) is 6.08 Å². The van der Waals surface area contributed by atoms with Crippen LogP contribution in [0.5, 0.6) is 0 Å². The van der Waals surface area contributed by atoms with Crippen LogP contribution in [0.15, 0.2) is 72.9 Å². The first kappa shape index (κ1) is 55.3. The second kappa shape index (κ2) is 45.4. The molecule has 0 aromatic heterocycles. The first-order chi connectivity index (χ1) is 28.5. The van der Waals surface area contributed by atoms with E-state index in [0.717, 1.165) is 83.5 Å². The summed E-state index contributed by atoms with van der Waals surface area (Å²) in [5.41, 5.74) is 0. The highest BCUT2D eigenvalue weighted by atomic mass is 16.5. The summed E-state index contributed by atoms with van der Waals surface area (Å²) in [6.45, 7) is 6.29. The lowest BCUT2D eigenvalue weighted by Crippen LogP contribution is -2.46. The number of unbranched alkanes of at least 4 members (excludes halogenated alkanes) is 18. The molecule has 0 radical (unpaired) electrons. The van der Waals surface area contributed by atoms with Crippen molar-refractivity contribution in [3.63, 3.8) is 0 Å². The Bertz CT molecular complexity index is 1090. The number of allylic oxidation sites excluding steroid dienone is 12. The van der Waals surface area contributed by atoms with Crippen LogP contribution < -0.4 is 5.32 Å². The SMILES string of the molecule is CC/C=C/C/C=C/C/C=C/C/C=C/C/C=C/CCC(=O)OC(CCCCC/C=C\CCCC)CC(=O)NC(CO)C(O)CCCCCCCCCCCCCCCC. The van der Waals surface area contributed by atoms with Gasteiger partial charge in [-0.3, -0.25) is 9.59 Å². The van der Waals surface area contributed by atoms with Crippen molar-refractivity contribution >= 4 is 11.9 Å². The fourth-order valence-corrected chi connectivity index (χ4v) is 6.87. The number of amides is 1. The molecule has 0 fully saturated rings. The standard InChI is InChI=1S/C52H91NO5/c1-4-7-10-13-16-19-21-23-25-26-28-30-33-36-39-42-45-52(57)58-48(43-40-37-34-31-18-15-12-9-6-3)46-51(56)53-49(47-54)50(55)44-41-38-35-32-29-27-24-22-20-17-14-11-8-5-2/h7,10,15-16,18-19,23,25,28,30,36,39,48-50,54-55H,4-6,8-9,11-14,17,20-22,24,26-27,29,31-35,37-38,40-47H2,1-3H3,(H,53,56)/b10-7+,18-15-,19-16+,25-23+,30-28+,39-36+. The van der Waals surface area contributed by atoms with E-state index in [1.165, 1.54) is 83.5 Å². The molecule has 0 saturated carbocycles. The maximum atomic E-state index is 13.1. The molecule has 58 heavy (non-hydrogen) atoms. The zero-order chi connectivity index (χ0) is 42.4. The van der Waals surface area contributed by atoms with Gasteiger partial charge in [0.15, 0.2) is 0 Å². The van der Waals surface area contributed by atoms with Crippen LogP contribution in [-0.2, 0) is 14.3 Å². The number of ether oxygens (including phenoxy) is 1. The van der Waals surface area contributed by atoms with Gasteiger partial charge in [-0.25, -0.2) is 0 Å². The molecule has 0 aliphatic carbocycles. The van der Waals surface area contributed by atoms with E-state index in [0.29, 0.717) is 19.3 Å². The molecule has 1 amide bonds. The number of rotatable bonds is 42. The highest BCUT2D eigenvalue weighted by Gasteiger charge is 2.24. The number of hydrogen-bond donors (Lipinski definition) is 3. The fraction of sp³-hybridized carbons (Fsp3) is 0.731. The van der Waals surface area contributed by atoms with E-state index in [9.17, 15) is 19.8 Å². The van der Waals surface area contributed by atoms with Gasteiger partial charge in [0.2, 0.25) is 5.91 Å². The minimum absolute atomic E-state index is 0.0341. The van der Waals surface area contributed by atoms with Crippen LogP contribution in [-0.4, -0.2) is 46.9 Å².